The minimum absolute atomic E-state index is 0.147. The van der Waals surface area contributed by atoms with Crippen LogP contribution in [0.4, 0.5) is 5.00 Å². The van der Waals surface area contributed by atoms with Crippen LogP contribution in [0.5, 0.6) is 0 Å². The second-order valence-corrected chi connectivity index (χ2v) is 5.96. The summed E-state index contributed by atoms with van der Waals surface area (Å²) in [6.45, 7) is 6.71. The molecule has 1 aromatic heterocycles. The van der Waals surface area contributed by atoms with Crippen LogP contribution in [-0.2, 0) is 11.8 Å². The quantitative estimate of drug-likeness (QED) is 0.790. The van der Waals surface area contributed by atoms with Crippen LogP contribution in [0.1, 0.15) is 43.2 Å². The van der Waals surface area contributed by atoms with Gasteiger partial charge >= 0.3 is 0 Å². The molecule has 0 saturated carbocycles. The van der Waals surface area contributed by atoms with Gasteiger partial charge in [0.05, 0.1) is 5.56 Å². The number of nitrogen functional groups attached to an aromatic ring is 1. The predicted molar refractivity (Wildman–Crippen MR) is 64.0 cm³/mol. The molecule has 0 spiro atoms. The Morgan fingerprint density at radius 2 is 2.20 bits per heavy atom. The van der Waals surface area contributed by atoms with Gasteiger partial charge in [-0.2, -0.15) is 5.26 Å². The number of thiophene rings is 1. The van der Waals surface area contributed by atoms with E-state index in [4.69, 9.17) is 11.0 Å². The summed E-state index contributed by atoms with van der Waals surface area (Å²) in [4.78, 5) is 1.33. The lowest BCUT2D eigenvalue weighted by atomic mass is 9.74. The van der Waals surface area contributed by atoms with E-state index in [-0.39, 0.29) is 5.41 Å². The second-order valence-electron chi connectivity index (χ2n) is 4.82. The number of anilines is 1. The zero-order valence-electron chi connectivity index (χ0n) is 9.42. The van der Waals surface area contributed by atoms with Crippen LogP contribution in [0, 0.1) is 17.2 Å². The number of nitrogens with zero attached hydrogens (tertiary/aromatic N) is 1. The fourth-order valence-corrected chi connectivity index (χ4v) is 3.62. The average Bonchev–Trinajstić information content (AvgIpc) is 2.65. The number of aryl methyl sites for hydroxylation is 1. The van der Waals surface area contributed by atoms with Gasteiger partial charge in [-0.1, -0.05) is 20.8 Å². The SMILES string of the molecule is CC(C)C1(C)CCc2sc(N)c(C#N)c21. The Morgan fingerprint density at radius 1 is 1.53 bits per heavy atom. The van der Waals surface area contributed by atoms with Crippen molar-refractivity contribution < 1.29 is 0 Å². The van der Waals surface area contributed by atoms with Gasteiger partial charge in [-0.3, -0.25) is 0 Å². The highest BCUT2D eigenvalue weighted by molar-refractivity contribution is 7.16. The van der Waals surface area contributed by atoms with Crippen LogP contribution >= 0.6 is 11.3 Å². The summed E-state index contributed by atoms with van der Waals surface area (Å²) in [5, 5.41) is 9.87. The molecule has 1 unspecified atom stereocenters. The Bertz CT molecular complexity index is 439. The van der Waals surface area contributed by atoms with E-state index in [0.717, 1.165) is 18.4 Å². The predicted octanol–water partition coefficient (Wildman–Crippen LogP) is 3.06. The van der Waals surface area contributed by atoms with E-state index >= 15 is 0 Å². The molecule has 80 valence electrons. The minimum Gasteiger partial charge on any atom is -0.389 e. The first-order chi connectivity index (χ1) is 7.00. The van der Waals surface area contributed by atoms with Crippen molar-refractivity contribution in [1.29, 1.82) is 5.26 Å². The first-order valence-corrected chi connectivity index (χ1v) is 6.14. The minimum atomic E-state index is 0.147. The molecule has 1 heterocycles. The van der Waals surface area contributed by atoms with Crippen LogP contribution in [0.25, 0.3) is 0 Å². The van der Waals surface area contributed by atoms with Crippen LogP contribution < -0.4 is 5.73 Å². The van der Waals surface area contributed by atoms with Crippen molar-refractivity contribution >= 4 is 16.3 Å². The summed E-state index contributed by atoms with van der Waals surface area (Å²) >= 11 is 1.60. The number of hydrogen-bond donors (Lipinski definition) is 1. The standard InChI is InChI=1S/C12H16N2S/c1-7(2)12(3)5-4-9-10(12)8(6-13)11(14)15-9/h7H,4-5,14H2,1-3H3. The normalized spacial score (nSPS) is 24.2. The molecule has 0 bridgehead atoms. The van der Waals surface area contributed by atoms with E-state index in [9.17, 15) is 0 Å². The maximum atomic E-state index is 9.16. The van der Waals surface area contributed by atoms with Gasteiger partial charge in [0.15, 0.2) is 0 Å². The number of hydrogen-bond acceptors (Lipinski definition) is 3. The summed E-state index contributed by atoms with van der Waals surface area (Å²) in [5.74, 6) is 0.555. The van der Waals surface area contributed by atoms with Gasteiger partial charge in [-0.25, -0.2) is 0 Å². The highest BCUT2D eigenvalue weighted by Gasteiger charge is 2.41. The van der Waals surface area contributed by atoms with Gasteiger partial charge in [0.2, 0.25) is 0 Å². The van der Waals surface area contributed by atoms with E-state index in [1.165, 1.54) is 10.4 Å². The monoisotopic (exact) mass is 220 g/mol. The first kappa shape index (κ1) is 10.5. The summed E-state index contributed by atoms with van der Waals surface area (Å²) in [6, 6.07) is 2.27. The van der Waals surface area contributed by atoms with Crippen molar-refractivity contribution in [2.24, 2.45) is 5.92 Å². The lowest BCUT2D eigenvalue weighted by Crippen LogP contribution is -2.26. The van der Waals surface area contributed by atoms with E-state index in [0.29, 0.717) is 10.9 Å². The molecule has 0 aliphatic heterocycles. The van der Waals surface area contributed by atoms with E-state index in [1.807, 2.05) is 0 Å². The molecular weight excluding hydrogens is 204 g/mol. The maximum Gasteiger partial charge on any atom is 0.104 e. The summed E-state index contributed by atoms with van der Waals surface area (Å²) in [7, 11) is 0. The van der Waals surface area contributed by atoms with Crippen molar-refractivity contribution in [1.82, 2.24) is 0 Å². The molecule has 2 N–H and O–H groups in total. The Morgan fingerprint density at radius 3 is 2.73 bits per heavy atom. The first-order valence-electron chi connectivity index (χ1n) is 5.32. The van der Waals surface area contributed by atoms with Gasteiger partial charge < -0.3 is 5.73 Å². The summed E-state index contributed by atoms with van der Waals surface area (Å²) < 4.78 is 0. The van der Waals surface area contributed by atoms with E-state index < -0.39 is 0 Å². The molecule has 1 aromatic rings. The Hall–Kier alpha value is -1.01. The number of fused-ring (bicyclic) bond motifs is 1. The molecule has 0 amide bonds. The van der Waals surface area contributed by atoms with Crippen molar-refractivity contribution in [3.8, 4) is 6.07 Å². The molecule has 0 saturated heterocycles. The number of nitrogens with two attached hydrogens (primary N) is 1. The lowest BCUT2D eigenvalue weighted by molar-refractivity contribution is 0.336. The smallest absolute Gasteiger partial charge is 0.104 e. The average molecular weight is 220 g/mol. The Balaban J connectivity index is 2.64. The largest absolute Gasteiger partial charge is 0.389 e. The molecule has 1 aliphatic rings. The highest BCUT2D eigenvalue weighted by Crippen LogP contribution is 2.50. The van der Waals surface area contributed by atoms with Gasteiger partial charge in [0.25, 0.3) is 0 Å². The third-order valence-corrected chi connectivity index (χ3v) is 4.92. The molecule has 3 heteroatoms. The molecule has 0 radical (unpaired) electrons. The molecule has 15 heavy (non-hydrogen) atoms. The zero-order chi connectivity index (χ0) is 11.2. The fourth-order valence-electron chi connectivity index (χ4n) is 2.46. The molecule has 2 nitrogen and oxygen atoms in total. The summed E-state index contributed by atoms with van der Waals surface area (Å²) in [6.07, 6.45) is 2.24. The van der Waals surface area contributed by atoms with Gasteiger partial charge in [-0.05, 0) is 29.7 Å². The topological polar surface area (TPSA) is 49.8 Å². The maximum absolute atomic E-state index is 9.16. The Labute approximate surface area is 94.7 Å². The zero-order valence-corrected chi connectivity index (χ0v) is 10.2. The lowest BCUT2D eigenvalue weighted by Gasteiger charge is -2.29. The van der Waals surface area contributed by atoms with Crippen LogP contribution in [-0.4, -0.2) is 0 Å². The van der Waals surface area contributed by atoms with Crippen molar-refractivity contribution in [2.75, 3.05) is 5.73 Å². The molecule has 1 aliphatic carbocycles. The van der Waals surface area contributed by atoms with Crippen LogP contribution in [0.15, 0.2) is 0 Å². The molecule has 0 aromatic carbocycles. The number of nitriles is 1. The molecular formula is C12H16N2S. The van der Waals surface area contributed by atoms with Crippen LogP contribution in [0.3, 0.4) is 0 Å². The Kier molecular flexibility index (Phi) is 2.27. The van der Waals surface area contributed by atoms with Crippen molar-refractivity contribution in [3.63, 3.8) is 0 Å². The van der Waals surface area contributed by atoms with Gasteiger partial charge in [0, 0.05) is 4.88 Å². The molecule has 2 rings (SSSR count). The van der Waals surface area contributed by atoms with Gasteiger partial charge in [0.1, 0.15) is 11.1 Å². The van der Waals surface area contributed by atoms with Crippen molar-refractivity contribution in [3.05, 3.63) is 16.0 Å². The summed E-state index contributed by atoms with van der Waals surface area (Å²) in [5.41, 5.74) is 8.00. The van der Waals surface area contributed by atoms with Crippen LogP contribution in [0.2, 0.25) is 0 Å². The van der Waals surface area contributed by atoms with Gasteiger partial charge in [-0.15, -0.1) is 11.3 Å². The van der Waals surface area contributed by atoms with E-state index in [2.05, 4.69) is 26.8 Å². The highest BCUT2D eigenvalue weighted by atomic mass is 32.1. The molecule has 1 atom stereocenters. The third-order valence-electron chi connectivity index (χ3n) is 3.84. The third kappa shape index (κ3) is 1.28. The molecule has 0 fully saturated rings. The van der Waals surface area contributed by atoms with Crippen molar-refractivity contribution in [2.45, 2.75) is 39.0 Å². The van der Waals surface area contributed by atoms with E-state index in [1.54, 1.807) is 11.3 Å². The fraction of sp³-hybridized carbons (Fsp3) is 0.583. The number of rotatable bonds is 1. The second kappa shape index (κ2) is 3.24.